The zero-order valence-corrected chi connectivity index (χ0v) is 13.9. The van der Waals surface area contributed by atoms with E-state index in [1.807, 2.05) is 48.7 Å². The Hall–Kier alpha value is -2.46. The van der Waals surface area contributed by atoms with Crippen molar-refractivity contribution >= 4 is 17.6 Å². The van der Waals surface area contributed by atoms with Crippen LogP contribution >= 0.6 is 0 Å². The maximum Gasteiger partial charge on any atom is 0.181 e. The van der Waals surface area contributed by atoms with E-state index in [0.29, 0.717) is 24.5 Å². The van der Waals surface area contributed by atoms with Gasteiger partial charge in [0.25, 0.3) is 0 Å². The average Bonchev–Trinajstić information content (AvgIpc) is 2.51. The fourth-order valence-corrected chi connectivity index (χ4v) is 4.19. The van der Waals surface area contributed by atoms with E-state index >= 15 is 0 Å². The fourth-order valence-electron chi connectivity index (χ4n) is 4.19. The lowest BCUT2D eigenvalue weighted by molar-refractivity contribution is -0.213. The number of hydrogen-bond donors (Lipinski definition) is 0. The second-order valence-corrected chi connectivity index (χ2v) is 7.19. The first-order chi connectivity index (χ1) is 12.2. The minimum absolute atomic E-state index is 0.181. The van der Waals surface area contributed by atoms with Gasteiger partial charge < -0.3 is 9.47 Å². The van der Waals surface area contributed by atoms with Gasteiger partial charge in [0.05, 0.1) is 18.8 Å². The van der Waals surface area contributed by atoms with Crippen LogP contribution in [0.2, 0.25) is 0 Å². The third-order valence-corrected chi connectivity index (χ3v) is 5.91. The molecule has 4 heteroatoms. The molecule has 1 aliphatic carbocycles. The number of ether oxygens (including phenoxy) is 2. The lowest BCUT2D eigenvalue weighted by Crippen LogP contribution is -2.71. The standard InChI is InChI=1S/C21H19NO3/c23-19-17-11-15(16-5-2-1-3-10-22-12-16)6-7-18(17)25-21(8-4-9-21)20(19)13-24-14-20/h1-3,5-7,10-12H,4,8-9,13-14H2/b2-1+,3-1?,5-2?,10-3+,16-5+,16-12?,22-10?,22-12-. The van der Waals surface area contributed by atoms with Gasteiger partial charge in [-0.3, -0.25) is 9.79 Å². The Balaban J connectivity index is 1.58. The Morgan fingerprint density at radius 2 is 1.96 bits per heavy atom. The van der Waals surface area contributed by atoms with E-state index in [2.05, 4.69) is 4.99 Å². The summed E-state index contributed by atoms with van der Waals surface area (Å²) in [7, 11) is 0. The molecule has 0 aromatic heterocycles. The number of Topliss-reactive ketones (excluding diaryl/α,β-unsaturated/α-hetero) is 1. The Bertz CT molecular complexity index is 867. The molecule has 1 saturated carbocycles. The van der Waals surface area contributed by atoms with Gasteiger partial charge >= 0.3 is 0 Å². The highest BCUT2D eigenvalue weighted by atomic mass is 16.5. The van der Waals surface area contributed by atoms with Crippen molar-refractivity contribution < 1.29 is 14.3 Å². The molecule has 3 heterocycles. The minimum atomic E-state index is -0.483. The molecule has 4 nitrogen and oxygen atoms in total. The summed E-state index contributed by atoms with van der Waals surface area (Å²) < 4.78 is 11.9. The highest BCUT2D eigenvalue weighted by Gasteiger charge is 2.67. The molecule has 2 spiro atoms. The Labute approximate surface area is 146 Å². The molecule has 0 unspecified atom stereocenters. The molecule has 1 aromatic rings. The first-order valence-electron chi connectivity index (χ1n) is 8.77. The predicted molar refractivity (Wildman–Crippen MR) is 96.0 cm³/mol. The van der Waals surface area contributed by atoms with Crippen LogP contribution in [0.1, 0.15) is 35.2 Å². The van der Waals surface area contributed by atoms with Gasteiger partial charge in [-0.05, 0) is 48.6 Å². The molecular weight excluding hydrogens is 314 g/mol. The highest BCUT2D eigenvalue weighted by Crippen LogP contribution is 2.58. The molecule has 0 N–H and O–H groups in total. The van der Waals surface area contributed by atoms with Gasteiger partial charge in [0.15, 0.2) is 5.78 Å². The van der Waals surface area contributed by atoms with Crippen LogP contribution in [0.25, 0.3) is 5.57 Å². The van der Waals surface area contributed by atoms with E-state index in [0.717, 1.165) is 30.4 Å². The lowest BCUT2D eigenvalue weighted by Gasteiger charge is -2.60. The number of allylic oxidation sites excluding steroid dienone is 5. The molecule has 5 rings (SSSR count). The zero-order chi connectivity index (χ0) is 16.9. The van der Waals surface area contributed by atoms with Crippen molar-refractivity contribution in [3.05, 3.63) is 59.8 Å². The molecule has 126 valence electrons. The Morgan fingerprint density at radius 1 is 1.08 bits per heavy atom. The number of carbonyl (C=O) groups excluding carboxylic acids is 1. The lowest BCUT2D eigenvalue weighted by atomic mass is 9.56. The average molecular weight is 333 g/mol. The summed E-state index contributed by atoms with van der Waals surface area (Å²) in [5.41, 5.74) is 1.79. The zero-order valence-electron chi connectivity index (χ0n) is 13.9. The van der Waals surface area contributed by atoms with Gasteiger partial charge in [0.1, 0.15) is 16.8 Å². The summed E-state index contributed by atoms with van der Waals surface area (Å²) in [4.78, 5) is 17.6. The van der Waals surface area contributed by atoms with E-state index < -0.39 is 5.41 Å². The topological polar surface area (TPSA) is 47.9 Å². The van der Waals surface area contributed by atoms with Crippen LogP contribution in [-0.2, 0) is 4.74 Å². The van der Waals surface area contributed by atoms with Crippen LogP contribution in [0.15, 0.2) is 53.7 Å². The van der Waals surface area contributed by atoms with E-state index in [4.69, 9.17) is 9.47 Å². The normalized spacial score (nSPS) is 30.6. The molecule has 2 fully saturated rings. The maximum atomic E-state index is 13.3. The number of benzene rings is 1. The summed E-state index contributed by atoms with van der Waals surface area (Å²) in [5.74, 6) is 0.894. The van der Waals surface area contributed by atoms with Crippen molar-refractivity contribution in [3.8, 4) is 5.75 Å². The smallest absolute Gasteiger partial charge is 0.181 e. The monoisotopic (exact) mass is 333 g/mol. The molecule has 0 amide bonds. The van der Waals surface area contributed by atoms with Crippen molar-refractivity contribution in [2.45, 2.75) is 24.9 Å². The molecule has 0 bridgehead atoms. The number of aliphatic imine (C=N–C) groups is 1. The van der Waals surface area contributed by atoms with Crippen LogP contribution in [0.5, 0.6) is 5.75 Å². The maximum absolute atomic E-state index is 13.3. The number of carbonyl (C=O) groups is 1. The van der Waals surface area contributed by atoms with E-state index in [1.54, 1.807) is 6.20 Å². The van der Waals surface area contributed by atoms with Gasteiger partial charge in [-0.1, -0.05) is 24.3 Å². The van der Waals surface area contributed by atoms with Gasteiger partial charge in [-0.25, -0.2) is 0 Å². The first-order valence-corrected chi connectivity index (χ1v) is 8.77. The second kappa shape index (κ2) is 5.27. The Morgan fingerprint density at radius 3 is 2.68 bits per heavy atom. The van der Waals surface area contributed by atoms with Crippen LogP contribution < -0.4 is 4.74 Å². The molecular formula is C21H19NO3. The van der Waals surface area contributed by atoms with Crippen LogP contribution in [0.3, 0.4) is 0 Å². The van der Waals surface area contributed by atoms with Crippen molar-refractivity contribution in [1.82, 2.24) is 0 Å². The van der Waals surface area contributed by atoms with Crippen LogP contribution in [0.4, 0.5) is 0 Å². The largest absolute Gasteiger partial charge is 0.485 e. The predicted octanol–water partition coefficient (Wildman–Crippen LogP) is 3.74. The summed E-state index contributed by atoms with van der Waals surface area (Å²) in [6, 6.07) is 5.88. The van der Waals surface area contributed by atoms with Crippen molar-refractivity contribution in [3.63, 3.8) is 0 Å². The molecule has 0 atom stereocenters. The van der Waals surface area contributed by atoms with E-state index in [-0.39, 0.29) is 11.4 Å². The first kappa shape index (κ1) is 14.8. The van der Waals surface area contributed by atoms with E-state index in [9.17, 15) is 4.79 Å². The number of ketones is 1. The number of hydrogen-bond acceptors (Lipinski definition) is 4. The fraction of sp³-hybridized carbons (Fsp3) is 0.333. The summed E-state index contributed by atoms with van der Waals surface area (Å²) in [5, 5.41) is 0. The summed E-state index contributed by atoms with van der Waals surface area (Å²) >= 11 is 0. The Kier molecular flexibility index (Phi) is 3.13. The number of rotatable bonds is 1. The highest BCUT2D eigenvalue weighted by molar-refractivity contribution is 6.12. The third-order valence-electron chi connectivity index (χ3n) is 5.91. The van der Waals surface area contributed by atoms with E-state index in [1.165, 1.54) is 0 Å². The molecule has 1 saturated heterocycles. The van der Waals surface area contributed by atoms with Crippen molar-refractivity contribution in [2.24, 2.45) is 10.4 Å². The van der Waals surface area contributed by atoms with Gasteiger partial charge in [0, 0.05) is 12.4 Å². The molecule has 0 radical (unpaired) electrons. The quantitative estimate of drug-likeness (QED) is 0.786. The van der Waals surface area contributed by atoms with Crippen molar-refractivity contribution in [2.75, 3.05) is 13.2 Å². The number of nitrogens with zero attached hydrogens (tertiary/aromatic N) is 1. The van der Waals surface area contributed by atoms with Crippen LogP contribution in [0, 0.1) is 5.41 Å². The second-order valence-electron chi connectivity index (χ2n) is 7.19. The molecule has 3 aliphatic heterocycles. The van der Waals surface area contributed by atoms with Crippen molar-refractivity contribution in [1.29, 1.82) is 0 Å². The molecule has 4 aliphatic rings. The van der Waals surface area contributed by atoms with Gasteiger partial charge in [-0.15, -0.1) is 0 Å². The minimum Gasteiger partial charge on any atom is -0.485 e. The summed E-state index contributed by atoms with van der Waals surface area (Å²) in [6.07, 6.45) is 14.3. The molecule has 25 heavy (non-hydrogen) atoms. The van der Waals surface area contributed by atoms with Gasteiger partial charge in [0.2, 0.25) is 0 Å². The summed E-state index contributed by atoms with van der Waals surface area (Å²) in [6.45, 7) is 0.959. The molecule has 1 aromatic carbocycles. The van der Waals surface area contributed by atoms with Crippen LogP contribution in [-0.4, -0.2) is 30.8 Å². The van der Waals surface area contributed by atoms with Gasteiger partial charge in [-0.2, -0.15) is 0 Å². The SMILES string of the molecule is O=C1c2cc(C3=C/C=C/C=C/N=C\3)ccc2OC2(CCC2)C12COC2. The third kappa shape index (κ3) is 1.97. The number of fused-ring (bicyclic) bond motifs is 2.